The molecular weight excluding hydrogens is 184 g/mol. The quantitative estimate of drug-likeness (QED) is 0.664. The van der Waals surface area contributed by atoms with E-state index in [0.717, 1.165) is 0 Å². The summed E-state index contributed by atoms with van der Waals surface area (Å²) >= 11 is 5.62. The van der Waals surface area contributed by atoms with Gasteiger partial charge in [0.25, 0.3) is 6.43 Å². The van der Waals surface area contributed by atoms with Crippen molar-refractivity contribution in [2.45, 2.75) is 20.3 Å². The molecule has 0 aliphatic carbocycles. The number of halogens is 3. The van der Waals surface area contributed by atoms with Crippen LogP contribution >= 0.6 is 11.6 Å². The topological polar surface area (TPSA) is 12.9 Å². The molecule has 1 aromatic rings. The molecule has 0 atom stereocenters. The summed E-state index contributed by atoms with van der Waals surface area (Å²) in [5.41, 5.74) is 0.876. The molecule has 0 spiro atoms. The molecule has 0 unspecified atom stereocenters. The van der Waals surface area contributed by atoms with Crippen molar-refractivity contribution in [3.05, 3.63) is 28.0 Å². The normalized spacial score (nSPS) is 10.8. The standard InChI is InChI=1S/C8H8ClF2N/c1-4-3-6(8(10)11)7(9)5(2)12-4/h3,8H,1-2H3. The molecule has 0 bridgehead atoms. The van der Waals surface area contributed by atoms with Crippen LogP contribution in [0.4, 0.5) is 8.78 Å². The Morgan fingerprint density at radius 3 is 2.50 bits per heavy atom. The Labute approximate surface area is 74.4 Å². The second-order valence-corrected chi connectivity index (χ2v) is 2.93. The molecule has 0 saturated heterocycles. The minimum atomic E-state index is -2.53. The highest BCUT2D eigenvalue weighted by molar-refractivity contribution is 6.32. The maximum absolute atomic E-state index is 12.3. The monoisotopic (exact) mass is 191 g/mol. The molecule has 1 aromatic heterocycles. The third kappa shape index (κ3) is 1.72. The van der Waals surface area contributed by atoms with Crippen molar-refractivity contribution in [3.63, 3.8) is 0 Å². The van der Waals surface area contributed by atoms with E-state index in [-0.39, 0.29) is 10.6 Å². The van der Waals surface area contributed by atoms with Crippen LogP contribution in [-0.4, -0.2) is 4.98 Å². The molecule has 0 aliphatic rings. The van der Waals surface area contributed by atoms with E-state index in [1.54, 1.807) is 13.8 Å². The van der Waals surface area contributed by atoms with Gasteiger partial charge in [0, 0.05) is 11.3 Å². The fourth-order valence-corrected chi connectivity index (χ4v) is 1.18. The van der Waals surface area contributed by atoms with Gasteiger partial charge in [0.15, 0.2) is 0 Å². The van der Waals surface area contributed by atoms with Gasteiger partial charge in [-0.3, -0.25) is 4.98 Å². The molecule has 66 valence electrons. The first-order valence-electron chi connectivity index (χ1n) is 3.44. The zero-order chi connectivity index (χ0) is 9.30. The number of alkyl halides is 2. The largest absolute Gasteiger partial charge is 0.265 e. The van der Waals surface area contributed by atoms with E-state index in [4.69, 9.17) is 11.6 Å². The predicted molar refractivity (Wildman–Crippen MR) is 43.7 cm³/mol. The number of aryl methyl sites for hydroxylation is 2. The molecule has 0 N–H and O–H groups in total. The number of hydrogen-bond donors (Lipinski definition) is 0. The first kappa shape index (κ1) is 9.39. The lowest BCUT2D eigenvalue weighted by Gasteiger charge is -2.06. The maximum Gasteiger partial charge on any atom is 0.265 e. The number of pyridine rings is 1. The molecule has 0 radical (unpaired) electrons. The number of nitrogens with zero attached hydrogens (tertiary/aromatic N) is 1. The molecular formula is C8H8ClF2N. The number of hydrogen-bond acceptors (Lipinski definition) is 1. The summed E-state index contributed by atoms with van der Waals surface area (Å²) in [5, 5.41) is 0.0654. The summed E-state index contributed by atoms with van der Waals surface area (Å²) in [6, 6.07) is 1.31. The van der Waals surface area contributed by atoms with Crippen LogP contribution in [0.2, 0.25) is 5.02 Å². The van der Waals surface area contributed by atoms with E-state index in [1.165, 1.54) is 6.07 Å². The van der Waals surface area contributed by atoms with E-state index < -0.39 is 6.43 Å². The van der Waals surface area contributed by atoms with Gasteiger partial charge < -0.3 is 0 Å². The fourth-order valence-electron chi connectivity index (χ4n) is 1.00. The molecule has 1 heterocycles. The second kappa shape index (κ2) is 3.35. The smallest absolute Gasteiger partial charge is 0.257 e. The maximum atomic E-state index is 12.3. The van der Waals surface area contributed by atoms with Crippen molar-refractivity contribution in [1.82, 2.24) is 4.98 Å². The van der Waals surface area contributed by atoms with E-state index in [2.05, 4.69) is 4.98 Å². The fraction of sp³-hybridized carbons (Fsp3) is 0.375. The lowest BCUT2D eigenvalue weighted by atomic mass is 10.2. The van der Waals surface area contributed by atoms with E-state index in [0.29, 0.717) is 11.4 Å². The van der Waals surface area contributed by atoms with Crippen molar-refractivity contribution in [2.24, 2.45) is 0 Å². The van der Waals surface area contributed by atoms with Crippen molar-refractivity contribution in [2.75, 3.05) is 0 Å². The summed E-state index contributed by atoms with van der Waals surface area (Å²) in [5.74, 6) is 0. The molecule has 0 aliphatic heterocycles. The SMILES string of the molecule is Cc1cc(C(F)F)c(Cl)c(C)n1. The molecule has 12 heavy (non-hydrogen) atoms. The lowest BCUT2D eigenvalue weighted by molar-refractivity contribution is 0.151. The van der Waals surface area contributed by atoms with E-state index in [9.17, 15) is 8.78 Å². The molecule has 4 heteroatoms. The van der Waals surface area contributed by atoms with Gasteiger partial charge >= 0.3 is 0 Å². The molecule has 0 aromatic carbocycles. The molecule has 0 fully saturated rings. The lowest BCUT2D eigenvalue weighted by Crippen LogP contribution is -1.94. The third-order valence-corrected chi connectivity index (χ3v) is 2.01. The Hall–Kier alpha value is -0.700. The molecule has 1 rings (SSSR count). The average Bonchev–Trinajstić information content (AvgIpc) is 1.96. The minimum Gasteiger partial charge on any atom is -0.257 e. The third-order valence-electron chi connectivity index (χ3n) is 1.51. The van der Waals surface area contributed by atoms with Gasteiger partial charge in [0.2, 0.25) is 0 Å². The highest BCUT2D eigenvalue weighted by Gasteiger charge is 2.14. The summed E-state index contributed by atoms with van der Waals surface area (Å²) in [7, 11) is 0. The Balaban J connectivity index is 3.28. The highest BCUT2D eigenvalue weighted by Crippen LogP contribution is 2.28. The predicted octanol–water partition coefficient (Wildman–Crippen LogP) is 3.29. The van der Waals surface area contributed by atoms with E-state index >= 15 is 0 Å². The molecule has 0 amide bonds. The van der Waals surface area contributed by atoms with Crippen LogP contribution in [0.25, 0.3) is 0 Å². The van der Waals surface area contributed by atoms with Gasteiger partial charge in [-0.15, -0.1) is 0 Å². The zero-order valence-electron chi connectivity index (χ0n) is 6.74. The first-order valence-corrected chi connectivity index (χ1v) is 3.82. The van der Waals surface area contributed by atoms with E-state index in [1.807, 2.05) is 0 Å². The second-order valence-electron chi connectivity index (χ2n) is 2.55. The Bertz CT molecular complexity index is 299. The van der Waals surface area contributed by atoms with Crippen LogP contribution in [0.1, 0.15) is 23.4 Å². The van der Waals surface area contributed by atoms with Gasteiger partial charge in [-0.2, -0.15) is 0 Å². The Morgan fingerprint density at radius 2 is 2.00 bits per heavy atom. The zero-order valence-corrected chi connectivity index (χ0v) is 7.49. The van der Waals surface area contributed by atoms with Gasteiger partial charge in [-0.25, -0.2) is 8.78 Å². The van der Waals surface area contributed by atoms with Crippen LogP contribution < -0.4 is 0 Å². The van der Waals surface area contributed by atoms with Crippen LogP contribution in [-0.2, 0) is 0 Å². The Morgan fingerprint density at radius 1 is 1.42 bits per heavy atom. The van der Waals surface area contributed by atoms with Gasteiger partial charge in [0.05, 0.1) is 10.7 Å². The van der Waals surface area contributed by atoms with Gasteiger partial charge in [-0.1, -0.05) is 11.6 Å². The van der Waals surface area contributed by atoms with Crippen molar-refractivity contribution >= 4 is 11.6 Å². The van der Waals surface area contributed by atoms with Crippen LogP contribution in [0.5, 0.6) is 0 Å². The molecule has 0 saturated carbocycles. The van der Waals surface area contributed by atoms with Crippen molar-refractivity contribution in [3.8, 4) is 0 Å². The summed E-state index contributed by atoms with van der Waals surface area (Å²) in [4.78, 5) is 3.95. The number of rotatable bonds is 1. The van der Waals surface area contributed by atoms with Crippen molar-refractivity contribution < 1.29 is 8.78 Å². The summed E-state index contributed by atoms with van der Waals surface area (Å²) < 4.78 is 24.6. The van der Waals surface area contributed by atoms with Gasteiger partial charge in [-0.05, 0) is 19.9 Å². The van der Waals surface area contributed by atoms with Gasteiger partial charge in [0.1, 0.15) is 0 Å². The average molecular weight is 192 g/mol. The highest BCUT2D eigenvalue weighted by atomic mass is 35.5. The first-order chi connectivity index (χ1) is 5.52. The van der Waals surface area contributed by atoms with Crippen molar-refractivity contribution in [1.29, 1.82) is 0 Å². The van der Waals surface area contributed by atoms with Crippen LogP contribution in [0.3, 0.4) is 0 Å². The Kier molecular flexibility index (Phi) is 2.62. The van der Waals surface area contributed by atoms with Crippen LogP contribution in [0.15, 0.2) is 6.07 Å². The summed E-state index contributed by atoms with van der Waals surface area (Å²) in [6.45, 7) is 3.27. The minimum absolute atomic E-state index is 0.0654. The molecule has 1 nitrogen and oxygen atoms in total. The van der Waals surface area contributed by atoms with Crippen LogP contribution in [0, 0.1) is 13.8 Å². The summed E-state index contributed by atoms with van der Waals surface area (Å²) in [6.07, 6.45) is -2.53. The number of aromatic nitrogens is 1.